The van der Waals surface area contributed by atoms with E-state index in [4.69, 9.17) is 37.3 Å². The van der Waals surface area contributed by atoms with E-state index in [2.05, 4.69) is 12.2 Å². The Hall–Kier alpha value is -2.62. The summed E-state index contributed by atoms with van der Waals surface area (Å²) in [5.74, 6) is -0.372. The number of ether oxygens (including phenoxy) is 7. The summed E-state index contributed by atoms with van der Waals surface area (Å²) in [7, 11) is -3.78. The Morgan fingerprint density at radius 2 is 1.07 bits per heavy atom. The quantitative estimate of drug-likeness (QED) is 0.0810. The Kier molecular flexibility index (Phi) is 21.1. The minimum absolute atomic E-state index is 0.0646. The minimum atomic E-state index is -3.78. The summed E-state index contributed by atoms with van der Waals surface area (Å²) in [6, 6.07) is 13.7. The van der Waals surface area contributed by atoms with Crippen LogP contribution in [0.4, 0.5) is 5.69 Å². The van der Waals surface area contributed by atoms with Crippen molar-refractivity contribution in [3.8, 4) is 0 Å². The molecule has 0 atom stereocenters. The van der Waals surface area contributed by atoms with Crippen LogP contribution in [0.25, 0.3) is 0 Å². The maximum absolute atomic E-state index is 12.1. The van der Waals surface area contributed by atoms with Crippen LogP contribution in [-0.4, -0.2) is 113 Å². The molecule has 13 heteroatoms. The largest absolute Gasteiger partial charge is 0.460 e. The summed E-state index contributed by atoms with van der Waals surface area (Å²) in [6.07, 6.45) is 2.23. The molecule has 0 spiro atoms. The summed E-state index contributed by atoms with van der Waals surface area (Å²) in [5, 5.41) is 3.31. The third-order valence-corrected chi connectivity index (χ3v) is 7.40. The second-order valence-electron chi connectivity index (χ2n) is 9.76. The lowest BCUT2D eigenvalue weighted by atomic mass is 10.2. The lowest BCUT2D eigenvalue weighted by Gasteiger charge is -2.09. The second-order valence-corrected chi connectivity index (χ2v) is 11.4. The van der Waals surface area contributed by atoms with Gasteiger partial charge in [0.05, 0.1) is 96.3 Å². The first kappa shape index (κ1) is 38.6. The number of anilines is 1. The molecule has 0 aromatic heterocycles. The van der Waals surface area contributed by atoms with Gasteiger partial charge in [-0.1, -0.05) is 31.0 Å². The van der Waals surface area contributed by atoms with E-state index < -0.39 is 10.1 Å². The van der Waals surface area contributed by atoms with Crippen molar-refractivity contribution >= 4 is 21.8 Å². The highest BCUT2D eigenvalue weighted by atomic mass is 32.2. The van der Waals surface area contributed by atoms with Crippen LogP contribution < -0.4 is 5.32 Å². The van der Waals surface area contributed by atoms with Crippen LogP contribution in [0.3, 0.4) is 0 Å². The Bertz CT molecular complexity index is 1130. The predicted octanol–water partition coefficient (Wildman–Crippen LogP) is 3.87. The topological polar surface area (TPSA) is 137 Å². The molecule has 0 aliphatic rings. The van der Waals surface area contributed by atoms with Gasteiger partial charge in [0.1, 0.15) is 6.61 Å². The molecule has 0 amide bonds. The number of unbranched alkanes of at least 4 members (excludes halogenated alkanes) is 1. The van der Waals surface area contributed by atoms with Gasteiger partial charge in [0.2, 0.25) is 0 Å². The molecule has 0 aliphatic carbocycles. The number of hydrogen-bond donors (Lipinski definition) is 1. The zero-order chi connectivity index (χ0) is 32.4. The number of aryl methyl sites for hydroxylation is 1. The van der Waals surface area contributed by atoms with Crippen molar-refractivity contribution in [1.82, 2.24) is 0 Å². The summed E-state index contributed by atoms with van der Waals surface area (Å²) >= 11 is 0. The number of carbonyl (C=O) groups excluding carboxylic acids is 1. The normalized spacial score (nSPS) is 11.5. The molecule has 2 rings (SSSR count). The average Bonchev–Trinajstić information content (AvgIpc) is 3.04. The predicted molar refractivity (Wildman–Crippen MR) is 169 cm³/mol. The molecule has 1 N–H and O–H groups in total. The number of nitrogens with one attached hydrogen (secondary N) is 1. The fourth-order valence-electron chi connectivity index (χ4n) is 3.59. The molecule has 254 valence electrons. The molecule has 0 radical (unpaired) electrons. The van der Waals surface area contributed by atoms with Crippen LogP contribution in [0.1, 0.15) is 35.7 Å². The van der Waals surface area contributed by atoms with Gasteiger partial charge in [0.15, 0.2) is 0 Å². The highest BCUT2D eigenvalue weighted by Gasteiger charge is 2.14. The molecule has 0 heterocycles. The SMILES string of the molecule is CCCCNc1ccc(C(=O)OCCOCCOCCOCCOCCOCCOCCOS(=O)(=O)c2ccc(C)cc2)cc1. The van der Waals surface area contributed by atoms with Crippen molar-refractivity contribution in [3.05, 3.63) is 59.7 Å². The molecule has 0 unspecified atom stereocenters. The monoisotopic (exact) mass is 655 g/mol. The van der Waals surface area contributed by atoms with E-state index in [1.54, 1.807) is 24.3 Å². The van der Waals surface area contributed by atoms with Gasteiger partial charge in [0.25, 0.3) is 10.1 Å². The van der Waals surface area contributed by atoms with Crippen LogP contribution in [-0.2, 0) is 47.5 Å². The highest BCUT2D eigenvalue weighted by Crippen LogP contribution is 2.13. The molecule has 2 aromatic carbocycles. The van der Waals surface area contributed by atoms with Crippen molar-refractivity contribution in [2.75, 3.05) is 104 Å². The van der Waals surface area contributed by atoms with E-state index >= 15 is 0 Å². The lowest BCUT2D eigenvalue weighted by Crippen LogP contribution is -2.15. The second kappa shape index (κ2) is 24.6. The van der Waals surface area contributed by atoms with Gasteiger partial charge in [-0.05, 0) is 49.7 Å². The zero-order valence-corrected chi connectivity index (χ0v) is 27.4. The summed E-state index contributed by atoms with van der Waals surface area (Å²) < 4.78 is 66.9. The number of rotatable bonds is 28. The Balaban J connectivity index is 1.27. The van der Waals surface area contributed by atoms with Crippen molar-refractivity contribution in [2.45, 2.75) is 31.6 Å². The molecule has 0 bridgehead atoms. The average molecular weight is 656 g/mol. The Morgan fingerprint density at radius 1 is 0.622 bits per heavy atom. The zero-order valence-electron chi connectivity index (χ0n) is 26.5. The summed E-state index contributed by atoms with van der Waals surface area (Å²) in [6.45, 7) is 9.58. The number of hydrogen-bond acceptors (Lipinski definition) is 12. The number of esters is 1. The first-order valence-electron chi connectivity index (χ1n) is 15.4. The van der Waals surface area contributed by atoms with Crippen LogP contribution in [0.2, 0.25) is 0 Å². The van der Waals surface area contributed by atoms with E-state index in [1.165, 1.54) is 12.1 Å². The molecule has 0 saturated heterocycles. The van der Waals surface area contributed by atoms with Crippen LogP contribution in [0.15, 0.2) is 53.4 Å². The maximum Gasteiger partial charge on any atom is 0.338 e. The minimum Gasteiger partial charge on any atom is -0.460 e. The van der Waals surface area contributed by atoms with Crippen molar-refractivity contribution < 1.29 is 50.6 Å². The highest BCUT2D eigenvalue weighted by molar-refractivity contribution is 7.86. The molecular weight excluding hydrogens is 606 g/mol. The van der Waals surface area contributed by atoms with Crippen LogP contribution >= 0.6 is 0 Å². The van der Waals surface area contributed by atoms with Gasteiger partial charge in [-0.15, -0.1) is 0 Å². The molecule has 0 aliphatic heterocycles. The Morgan fingerprint density at radius 3 is 1.53 bits per heavy atom. The molecule has 45 heavy (non-hydrogen) atoms. The standard InChI is InChI=1S/C32H49NO11S/c1-3-4-13-33-30-9-7-29(8-10-30)32(34)43-26-24-41-22-20-39-18-16-37-14-15-38-17-19-40-21-23-42-25-27-44-45(35,36)31-11-5-28(2)6-12-31/h5-12,33H,3-4,13-27H2,1-2H3. The third-order valence-electron chi connectivity index (χ3n) is 6.08. The fourth-order valence-corrected chi connectivity index (χ4v) is 4.48. The van der Waals surface area contributed by atoms with Gasteiger partial charge in [0, 0.05) is 12.2 Å². The summed E-state index contributed by atoms with van der Waals surface area (Å²) in [5.41, 5.74) is 2.47. The van der Waals surface area contributed by atoms with E-state index in [9.17, 15) is 13.2 Å². The third kappa shape index (κ3) is 18.8. The van der Waals surface area contributed by atoms with E-state index in [0.717, 1.165) is 30.6 Å². The van der Waals surface area contributed by atoms with Gasteiger partial charge in [-0.2, -0.15) is 8.42 Å². The van der Waals surface area contributed by atoms with Gasteiger partial charge in [-0.3, -0.25) is 4.18 Å². The molecule has 0 fully saturated rings. The van der Waals surface area contributed by atoms with Gasteiger partial charge < -0.3 is 38.5 Å². The molecular formula is C32H49NO11S. The maximum atomic E-state index is 12.1. The van der Waals surface area contributed by atoms with Crippen molar-refractivity contribution in [3.63, 3.8) is 0 Å². The molecule has 0 saturated carbocycles. The Labute approximate surface area is 267 Å². The number of benzene rings is 2. The van der Waals surface area contributed by atoms with Gasteiger partial charge in [-0.25, -0.2) is 4.79 Å². The van der Waals surface area contributed by atoms with E-state index in [1.807, 2.05) is 19.1 Å². The van der Waals surface area contributed by atoms with Crippen LogP contribution in [0.5, 0.6) is 0 Å². The van der Waals surface area contributed by atoms with E-state index in [-0.39, 0.29) is 30.7 Å². The van der Waals surface area contributed by atoms with Crippen molar-refractivity contribution in [1.29, 1.82) is 0 Å². The molecule has 12 nitrogen and oxygen atoms in total. The summed E-state index contributed by atoms with van der Waals surface area (Å²) in [4.78, 5) is 12.2. The lowest BCUT2D eigenvalue weighted by molar-refractivity contribution is -0.0201. The van der Waals surface area contributed by atoms with Crippen molar-refractivity contribution in [2.24, 2.45) is 0 Å². The first-order valence-corrected chi connectivity index (χ1v) is 16.8. The van der Waals surface area contributed by atoms with Gasteiger partial charge >= 0.3 is 5.97 Å². The van der Waals surface area contributed by atoms with E-state index in [0.29, 0.717) is 78.2 Å². The molecule has 2 aromatic rings. The smallest absolute Gasteiger partial charge is 0.338 e. The number of carbonyl (C=O) groups is 1. The first-order chi connectivity index (χ1) is 21.9. The fraction of sp³-hybridized carbons (Fsp3) is 0.594. The van der Waals surface area contributed by atoms with Crippen LogP contribution in [0, 0.1) is 6.92 Å².